The minimum absolute atomic E-state index is 0.0497. The highest BCUT2D eigenvalue weighted by atomic mass is 32.2. The van der Waals surface area contributed by atoms with E-state index in [2.05, 4.69) is 4.72 Å². The summed E-state index contributed by atoms with van der Waals surface area (Å²) >= 11 is 0. The third-order valence-corrected chi connectivity index (χ3v) is 4.21. The minimum atomic E-state index is -3.32. The summed E-state index contributed by atoms with van der Waals surface area (Å²) in [5.74, 6) is -1.38. The number of carboxylic acids is 1. The fraction of sp³-hybridized carbons (Fsp3) is 0.429. The average Bonchev–Trinajstić information content (AvgIpc) is 2.45. The Balaban J connectivity index is 2.12. The van der Waals surface area contributed by atoms with Gasteiger partial charge in [-0.3, -0.25) is 4.79 Å². The number of carbonyl (C=O) groups is 2. The molecule has 120 valence electrons. The third-order valence-electron chi connectivity index (χ3n) is 3.45. The van der Waals surface area contributed by atoms with Crippen LogP contribution in [0.4, 0.5) is 0 Å². The summed E-state index contributed by atoms with van der Waals surface area (Å²) in [5, 5.41) is 8.97. The van der Waals surface area contributed by atoms with E-state index in [0.29, 0.717) is 24.9 Å². The average molecular weight is 326 g/mol. The van der Waals surface area contributed by atoms with Gasteiger partial charge >= 0.3 is 5.97 Å². The van der Waals surface area contributed by atoms with Gasteiger partial charge in [0.2, 0.25) is 10.0 Å². The molecule has 1 heterocycles. The van der Waals surface area contributed by atoms with E-state index in [1.54, 1.807) is 11.0 Å². The quantitative estimate of drug-likeness (QED) is 0.840. The van der Waals surface area contributed by atoms with Gasteiger partial charge in [-0.15, -0.1) is 0 Å². The molecule has 0 aliphatic carbocycles. The number of rotatable bonds is 4. The summed E-state index contributed by atoms with van der Waals surface area (Å²) in [6, 6.07) is 5.52. The van der Waals surface area contributed by atoms with E-state index < -0.39 is 16.0 Å². The second-order valence-electron chi connectivity index (χ2n) is 5.37. The molecular weight excluding hydrogens is 308 g/mol. The number of piperidine rings is 1. The predicted molar refractivity (Wildman–Crippen MR) is 80.3 cm³/mol. The van der Waals surface area contributed by atoms with Gasteiger partial charge in [0.25, 0.3) is 5.91 Å². The molecule has 1 aromatic rings. The predicted octanol–water partition coefficient (Wildman–Crippen LogP) is 0.539. The normalized spacial score (nSPS) is 19.0. The number of hydrogen-bond donors (Lipinski definition) is 2. The highest BCUT2D eigenvalue weighted by Crippen LogP contribution is 2.15. The minimum Gasteiger partial charge on any atom is -0.478 e. The van der Waals surface area contributed by atoms with Crippen LogP contribution in [0.2, 0.25) is 0 Å². The molecule has 22 heavy (non-hydrogen) atoms. The Kier molecular flexibility index (Phi) is 4.82. The van der Waals surface area contributed by atoms with Crippen LogP contribution < -0.4 is 4.72 Å². The zero-order valence-corrected chi connectivity index (χ0v) is 13.0. The van der Waals surface area contributed by atoms with Crippen LogP contribution in [0.3, 0.4) is 0 Å². The molecule has 0 aromatic heterocycles. The van der Waals surface area contributed by atoms with Crippen molar-refractivity contribution >= 4 is 21.9 Å². The summed E-state index contributed by atoms with van der Waals surface area (Å²) in [5.41, 5.74) is 0.341. The molecule has 1 fully saturated rings. The molecule has 0 saturated carbocycles. The smallest absolute Gasteiger partial charge is 0.335 e. The van der Waals surface area contributed by atoms with Gasteiger partial charge in [-0.25, -0.2) is 17.9 Å². The Morgan fingerprint density at radius 1 is 1.32 bits per heavy atom. The summed E-state index contributed by atoms with van der Waals surface area (Å²) in [7, 11) is -3.32. The van der Waals surface area contributed by atoms with Gasteiger partial charge in [-0.2, -0.15) is 0 Å². The Hall–Kier alpha value is -1.93. The molecule has 1 aliphatic heterocycles. The van der Waals surface area contributed by atoms with Crippen LogP contribution in [0.5, 0.6) is 0 Å². The van der Waals surface area contributed by atoms with Crippen molar-refractivity contribution in [1.82, 2.24) is 9.62 Å². The second kappa shape index (κ2) is 6.45. The van der Waals surface area contributed by atoms with Gasteiger partial charge < -0.3 is 10.0 Å². The van der Waals surface area contributed by atoms with Crippen LogP contribution in [0.15, 0.2) is 24.3 Å². The Morgan fingerprint density at radius 2 is 2.00 bits per heavy atom. The molecular formula is C14H18N2O5S. The summed E-state index contributed by atoms with van der Waals surface area (Å²) in [6.45, 7) is 0.807. The zero-order chi connectivity index (χ0) is 16.3. The van der Waals surface area contributed by atoms with Crippen molar-refractivity contribution in [2.24, 2.45) is 0 Å². The van der Waals surface area contributed by atoms with Gasteiger partial charge in [0.15, 0.2) is 0 Å². The number of hydrogen-bond acceptors (Lipinski definition) is 4. The van der Waals surface area contributed by atoms with Crippen molar-refractivity contribution in [2.75, 3.05) is 19.3 Å². The first kappa shape index (κ1) is 16.4. The largest absolute Gasteiger partial charge is 0.478 e. The number of nitrogens with one attached hydrogen (secondary N) is 1. The summed E-state index contributed by atoms with van der Waals surface area (Å²) in [4.78, 5) is 24.9. The number of sulfonamides is 1. The van der Waals surface area contributed by atoms with E-state index >= 15 is 0 Å². The molecule has 1 atom stereocenters. The molecule has 1 saturated heterocycles. The highest BCUT2D eigenvalue weighted by Gasteiger charge is 2.26. The van der Waals surface area contributed by atoms with E-state index in [9.17, 15) is 18.0 Å². The lowest BCUT2D eigenvalue weighted by molar-refractivity contribution is 0.0696. The molecule has 0 bridgehead atoms. The second-order valence-corrected chi connectivity index (χ2v) is 7.15. The van der Waals surface area contributed by atoms with Crippen molar-refractivity contribution in [3.63, 3.8) is 0 Å². The van der Waals surface area contributed by atoms with Gasteiger partial charge in [0.1, 0.15) is 0 Å². The molecule has 1 aromatic carbocycles. The van der Waals surface area contributed by atoms with Crippen LogP contribution in [0.1, 0.15) is 33.6 Å². The van der Waals surface area contributed by atoms with E-state index in [0.717, 1.165) is 6.26 Å². The lowest BCUT2D eigenvalue weighted by Gasteiger charge is -2.32. The topological polar surface area (TPSA) is 104 Å². The number of carbonyl (C=O) groups excluding carboxylic acids is 1. The van der Waals surface area contributed by atoms with Crippen LogP contribution in [-0.2, 0) is 10.0 Å². The molecule has 1 amide bonds. The first-order valence-electron chi connectivity index (χ1n) is 6.86. The highest BCUT2D eigenvalue weighted by molar-refractivity contribution is 7.88. The Morgan fingerprint density at radius 3 is 2.64 bits per heavy atom. The lowest BCUT2D eigenvalue weighted by Crippen LogP contribution is -2.49. The Labute approximate surface area is 129 Å². The van der Waals surface area contributed by atoms with Crippen molar-refractivity contribution in [3.05, 3.63) is 35.4 Å². The number of aromatic carboxylic acids is 1. The molecule has 7 nitrogen and oxygen atoms in total. The molecule has 1 aliphatic rings. The van der Waals surface area contributed by atoms with Crippen LogP contribution in [-0.4, -0.2) is 55.7 Å². The first-order valence-corrected chi connectivity index (χ1v) is 8.75. The lowest BCUT2D eigenvalue weighted by atomic mass is 10.0. The van der Waals surface area contributed by atoms with Crippen molar-refractivity contribution in [1.29, 1.82) is 0 Å². The maximum atomic E-state index is 12.4. The van der Waals surface area contributed by atoms with Crippen LogP contribution >= 0.6 is 0 Å². The van der Waals surface area contributed by atoms with Crippen molar-refractivity contribution < 1.29 is 23.1 Å². The van der Waals surface area contributed by atoms with Crippen LogP contribution in [0, 0.1) is 0 Å². The molecule has 0 unspecified atom stereocenters. The zero-order valence-electron chi connectivity index (χ0n) is 12.2. The SMILES string of the molecule is CS(=O)(=O)N[C@H]1CCCN(C(=O)c2cccc(C(=O)O)c2)C1. The molecule has 0 radical (unpaired) electrons. The van der Waals surface area contributed by atoms with Crippen LogP contribution in [0.25, 0.3) is 0 Å². The van der Waals surface area contributed by atoms with E-state index in [-0.39, 0.29) is 24.1 Å². The number of amides is 1. The molecule has 8 heteroatoms. The standard InChI is InChI=1S/C14H18N2O5S/c1-22(20,21)15-12-6-3-7-16(9-12)13(17)10-4-2-5-11(8-10)14(18)19/h2,4-5,8,12,15H,3,6-7,9H2,1H3,(H,18,19)/t12-/m0/s1. The van der Waals surface area contributed by atoms with Crippen molar-refractivity contribution in [2.45, 2.75) is 18.9 Å². The Bertz CT molecular complexity index is 686. The number of benzene rings is 1. The molecule has 0 spiro atoms. The van der Waals surface area contributed by atoms with Gasteiger partial charge in [-0.1, -0.05) is 6.07 Å². The van der Waals surface area contributed by atoms with E-state index in [1.807, 2.05) is 0 Å². The summed E-state index contributed by atoms with van der Waals surface area (Å²) < 4.78 is 25.1. The fourth-order valence-electron chi connectivity index (χ4n) is 2.53. The van der Waals surface area contributed by atoms with Gasteiger partial charge in [0, 0.05) is 24.7 Å². The monoisotopic (exact) mass is 326 g/mol. The molecule has 2 N–H and O–H groups in total. The summed E-state index contributed by atoms with van der Waals surface area (Å²) in [6.07, 6.45) is 2.45. The maximum Gasteiger partial charge on any atom is 0.335 e. The van der Waals surface area contributed by atoms with Gasteiger partial charge in [0.05, 0.1) is 11.8 Å². The maximum absolute atomic E-state index is 12.4. The number of likely N-dealkylation sites (tertiary alicyclic amines) is 1. The number of nitrogens with zero attached hydrogens (tertiary/aromatic N) is 1. The first-order chi connectivity index (χ1) is 10.3. The fourth-order valence-corrected chi connectivity index (χ4v) is 3.33. The van der Waals surface area contributed by atoms with E-state index in [4.69, 9.17) is 5.11 Å². The third kappa shape index (κ3) is 4.28. The van der Waals surface area contributed by atoms with E-state index in [1.165, 1.54) is 18.2 Å². The van der Waals surface area contributed by atoms with Crippen molar-refractivity contribution in [3.8, 4) is 0 Å². The van der Waals surface area contributed by atoms with Gasteiger partial charge in [-0.05, 0) is 31.0 Å². The number of carboxylic acid groups (broad SMARTS) is 1. The molecule has 2 rings (SSSR count).